The Morgan fingerprint density at radius 2 is 2.30 bits per heavy atom. The lowest BCUT2D eigenvalue weighted by atomic mass is 10.1. The van der Waals surface area contributed by atoms with Gasteiger partial charge < -0.3 is 15.0 Å². The predicted octanol–water partition coefficient (Wildman–Crippen LogP) is 1.77. The van der Waals surface area contributed by atoms with Gasteiger partial charge in [-0.1, -0.05) is 12.1 Å². The number of carbonyl (C=O) groups excluding carboxylic acids is 1. The van der Waals surface area contributed by atoms with Gasteiger partial charge in [-0.15, -0.1) is 0 Å². The number of benzene rings is 1. The van der Waals surface area contributed by atoms with E-state index in [9.17, 15) is 9.18 Å². The van der Waals surface area contributed by atoms with Crippen LogP contribution in [-0.2, 0) is 4.79 Å². The Morgan fingerprint density at radius 3 is 3.09 bits per heavy atom. The molecule has 1 saturated heterocycles. The van der Waals surface area contributed by atoms with E-state index in [0.717, 1.165) is 12.1 Å². The molecule has 0 saturated carbocycles. The van der Waals surface area contributed by atoms with Crippen LogP contribution >= 0.6 is 0 Å². The number of halogens is 1. The number of rotatable bonds is 4. The highest BCUT2D eigenvalue weighted by Gasteiger charge is 2.28. The van der Waals surface area contributed by atoms with Crippen LogP contribution < -0.4 is 10.1 Å². The molecule has 3 rings (SSSR count). The SMILES string of the molecule is O=C(COc1cccc(F)c1)N1CCNCC1c1cccnc1. The number of ether oxygens (including phenoxy) is 1. The molecular weight excluding hydrogens is 297 g/mol. The number of nitrogens with zero attached hydrogens (tertiary/aromatic N) is 2. The largest absolute Gasteiger partial charge is 0.484 e. The number of hydrogen-bond donors (Lipinski definition) is 1. The number of hydrogen-bond acceptors (Lipinski definition) is 4. The van der Waals surface area contributed by atoms with Crippen molar-refractivity contribution >= 4 is 5.91 Å². The fourth-order valence-electron chi connectivity index (χ4n) is 2.66. The molecule has 0 bridgehead atoms. The summed E-state index contributed by atoms with van der Waals surface area (Å²) in [5.74, 6) is -0.151. The van der Waals surface area contributed by atoms with Gasteiger partial charge in [0.1, 0.15) is 11.6 Å². The highest BCUT2D eigenvalue weighted by molar-refractivity contribution is 5.78. The molecule has 2 heterocycles. The lowest BCUT2D eigenvalue weighted by molar-refractivity contribution is -0.136. The molecule has 0 aliphatic carbocycles. The van der Waals surface area contributed by atoms with Gasteiger partial charge in [-0.2, -0.15) is 0 Å². The van der Waals surface area contributed by atoms with Crippen molar-refractivity contribution in [3.05, 3.63) is 60.2 Å². The van der Waals surface area contributed by atoms with Crippen LogP contribution in [-0.4, -0.2) is 42.0 Å². The zero-order chi connectivity index (χ0) is 16.1. The summed E-state index contributed by atoms with van der Waals surface area (Å²) in [6, 6.07) is 9.54. The molecule has 1 amide bonds. The Bertz CT molecular complexity index is 666. The van der Waals surface area contributed by atoms with Gasteiger partial charge in [-0.05, 0) is 23.8 Å². The molecule has 0 radical (unpaired) electrons. The minimum Gasteiger partial charge on any atom is -0.484 e. The Balaban J connectivity index is 1.67. The maximum atomic E-state index is 13.1. The minimum absolute atomic E-state index is 0.0685. The average Bonchev–Trinajstić information content (AvgIpc) is 2.60. The summed E-state index contributed by atoms with van der Waals surface area (Å²) >= 11 is 0. The summed E-state index contributed by atoms with van der Waals surface area (Å²) in [6.45, 7) is 1.91. The molecular formula is C17H18FN3O2. The van der Waals surface area contributed by atoms with E-state index in [1.165, 1.54) is 12.1 Å². The summed E-state index contributed by atoms with van der Waals surface area (Å²) < 4.78 is 18.6. The van der Waals surface area contributed by atoms with E-state index in [1.807, 2.05) is 12.1 Å². The number of carbonyl (C=O) groups is 1. The highest BCUT2D eigenvalue weighted by Crippen LogP contribution is 2.22. The number of nitrogens with one attached hydrogen (secondary N) is 1. The second kappa shape index (κ2) is 7.19. The second-order valence-corrected chi connectivity index (χ2v) is 5.34. The normalized spacial score (nSPS) is 17.8. The maximum absolute atomic E-state index is 13.1. The smallest absolute Gasteiger partial charge is 0.261 e. The molecule has 0 spiro atoms. The quantitative estimate of drug-likeness (QED) is 0.934. The van der Waals surface area contributed by atoms with Crippen molar-refractivity contribution in [2.75, 3.05) is 26.2 Å². The first-order valence-electron chi connectivity index (χ1n) is 7.52. The van der Waals surface area contributed by atoms with Gasteiger partial charge in [0.15, 0.2) is 6.61 Å². The van der Waals surface area contributed by atoms with Crippen molar-refractivity contribution in [2.24, 2.45) is 0 Å². The van der Waals surface area contributed by atoms with Crippen molar-refractivity contribution in [3.8, 4) is 5.75 Å². The fourth-order valence-corrected chi connectivity index (χ4v) is 2.66. The van der Waals surface area contributed by atoms with Crippen LogP contribution in [0.3, 0.4) is 0 Å². The fraction of sp³-hybridized carbons (Fsp3) is 0.294. The molecule has 1 aliphatic rings. The van der Waals surface area contributed by atoms with Crippen molar-refractivity contribution in [1.82, 2.24) is 15.2 Å². The van der Waals surface area contributed by atoms with Gasteiger partial charge in [0, 0.05) is 38.1 Å². The van der Waals surface area contributed by atoms with E-state index in [0.29, 0.717) is 18.8 Å². The first-order valence-corrected chi connectivity index (χ1v) is 7.52. The van der Waals surface area contributed by atoms with Gasteiger partial charge in [0.2, 0.25) is 0 Å². The van der Waals surface area contributed by atoms with Gasteiger partial charge >= 0.3 is 0 Å². The van der Waals surface area contributed by atoms with E-state index in [4.69, 9.17) is 4.74 Å². The standard InChI is InChI=1S/C17H18FN3O2/c18-14-4-1-5-15(9-14)23-12-17(22)21-8-7-20-11-16(21)13-3-2-6-19-10-13/h1-6,9-10,16,20H,7-8,11-12H2. The molecule has 1 N–H and O–H groups in total. The number of aromatic nitrogens is 1. The number of pyridine rings is 1. The van der Waals surface area contributed by atoms with Gasteiger partial charge in [-0.3, -0.25) is 9.78 Å². The second-order valence-electron chi connectivity index (χ2n) is 5.34. The van der Waals surface area contributed by atoms with E-state index in [2.05, 4.69) is 10.3 Å². The molecule has 1 aromatic heterocycles. The van der Waals surface area contributed by atoms with Crippen LogP contribution in [0.25, 0.3) is 0 Å². The molecule has 1 unspecified atom stereocenters. The first-order chi connectivity index (χ1) is 11.2. The van der Waals surface area contributed by atoms with E-state index >= 15 is 0 Å². The molecule has 5 nitrogen and oxygen atoms in total. The zero-order valence-corrected chi connectivity index (χ0v) is 12.6. The Labute approximate surface area is 134 Å². The first kappa shape index (κ1) is 15.4. The number of amides is 1. The van der Waals surface area contributed by atoms with Crippen LogP contribution in [0.4, 0.5) is 4.39 Å². The van der Waals surface area contributed by atoms with Crippen molar-refractivity contribution in [3.63, 3.8) is 0 Å². The summed E-state index contributed by atoms with van der Waals surface area (Å²) in [5.41, 5.74) is 0.985. The summed E-state index contributed by atoms with van der Waals surface area (Å²) in [6.07, 6.45) is 3.48. The van der Waals surface area contributed by atoms with Crippen LogP contribution in [0.1, 0.15) is 11.6 Å². The van der Waals surface area contributed by atoms with Gasteiger partial charge in [0.25, 0.3) is 5.91 Å². The summed E-state index contributed by atoms with van der Waals surface area (Å²) in [7, 11) is 0. The molecule has 2 aromatic rings. The van der Waals surface area contributed by atoms with Crippen molar-refractivity contribution in [1.29, 1.82) is 0 Å². The lowest BCUT2D eigenvalue weighted by Gasteiger charge is -2.36. The molecule has 1 fully saturated rings. The minimum atomic E-state index is -0.384. The van der Waals surface area contributed by atoms with Crippen LogP contribution in [0.5, 0.6) is 5.75 Å². The monoisotopic (exact) mass is 315 g/mol. The van der Waals surface area contributed by atoms with Crippen LogP contribution in [0.2, 0.25) is 0 Å². The maximum Gasteiger partial charge on any atom is 0.261 e. The summed E-state index contributed by atoms with van der Waals surface area (Å²) in [5, 5.41) is 3.29. The molecule has 6 heteroatoms. The number of piperazine rings is 1. The topological polar surface area (TPSA) is 54.5 Å². The average molecular weight is 315 g/mol. The van der Waals surface area contributed by atoms with E-state index < -0.39 is 0 Å². The predicted molar refractivity (Wildman–Crippen MR) is 83.5 cm³/mol. The Kier molecular flexibility index (Phi) is 4.83. The Morgan fingerprint density at radius 1 is 1.39 bits per heavy atom. The molecule has 120 valence electrons. The highest BCUT2D eigenvalue weighted by atomic mass is 19.1. The lowest BCUT2D eigenvalue weighted by Crippen LogP contribution is -2.50. The molecule has 1 atom stereocenters. The zero-order valence-electron chi connectivity index (χ0n) is 12.6. The van der Waals surface area contributed by atoms with Crippen molar-refractivity contribution in [2.45, 2.75) is 6.04 Å². The van der Waals surface area contributed by atoms with Gasteiger partial charge in [0.05, 0.1) is 6.04 Å². The van der Waals surface area contributed by atoms with Crippen LogP contribution in [0.15, 0.2) is 48.8 Å². The molecule has 1 aromatic carbocycles. The van der Waals surface area contributed by atoms with Crippen LogP contribution in [0, 0.1) is 5.82 Å². The van der Waals surface area contributed by atoms with Gasteiger partial charge in [-0.25, -0.2) is 4.39 Å². The third-order valence-electron chi connectivity index (χ3n) is 3.79. The molecule has 23 heavy (non-hydrogen) atoms. The third-order valence-corrected chi connectivity index (χ3v) is 3.79. The van der Waals surface area contributed by atoms with Crippen molar-refractivity contribution < 1.29 is 13.9 Å². The third kappa shape index (κ3) is 3.84. The van der Waals surface area contributed by atoms with E-state index in [-0.39, 0.29) is 24.4 Å². The Hall–Kier alpha value is -2.47. The molecule has 1 aliphatic heterocycles. The summed E-state index contributed by atoms with van der Waals surface area (Å²) in [4.78, 5) is 18.4. The van der Waals surface area contributed by atoms with E-state index in [1.54, 1.807) is 29.4 Å².